The van der Waals surface area contributed by atoms with Gasteiger partial charge in [-0.3, -0.25) is 9.69 Å². The summed E-state index contributed by atoms with van der Waals surface area (Å²) in [6.45, 7) is 7.72. The molecule has 2 aliphatic rings. The number of nitrogens with zero attached hydrogens (tertiary/aromatic N) is 2. The highest BCUT2D eigenvalue weighted by Crippen LogP contribution is 2.26. The van der Waals surface area contributed by atoms with Gasteiger partial charge in [0.2, 0.25) is 5.91 Å². The number of hydrogen-bond acceptors (Lipinski definition) is 3. The Balaban J connectivity index is 1.91. The van der Waals surface area contributed by atoms with Crippen molar-refractivity contribution in [2.24, 2.45) is 11.7 Å². The molecule has 0 spiro atoms. The molecule has 0 aliphatic carbocycles. The third-order valence-electron chi connectivity index (χ3n) is 5.55. The second-order valence-corrected chi connectivity index (χ2v) is 6.80. The van der Waals surface area contributed by atoms with Gasteiger partial charge in [-0.1, -0.05) is 20.3 Å². The molecule has 4 nitrogen and oxygen atoms in total. The van der Waals surface area contributed by atoms with Gasteiger partial charge >= 0.3 is 0 Å². The van der Waals surface area contributed by atoms with E-state index in [0.29, 0.717) is 31.1 Å². The normalized spacial score (nSPS) is 31.4. The third kappa shape index (κ3) is 4.19. The van der Waals surface area contributed by atoms with Crippen molar-refractivity contribution in [2.45, 2.75) is 70.9 Å². The smallest absolute Gasteiger partial charge is 0.237 e. The van der Waals surface area contributed by atoms with Crippen LogP contribution in [0.2, 0.25) is 0 Å². The third-order valence-corrected chi connectivity index (χ3v) is 5.55. The summed E-state index contributed by atoms with van der Waals surface area (Å²) in [6.07, 6.45) is 8.33. The Labute approximate surface area is 130 Å². The molecule has 3 unspecified atom stereocenters. The minimum Gasteiger partial charge on any atom is -0.339 e. The van der Waals surface area contributed by atoms with Crippen LogP contribution in [-0.4, -0.2) is 54.0 Å². The summed E-state index contributed by atoms with van der Waals surface area (Å²) in [7, 11) is 0. The highest BCUT2D eigenvalue weighted by molar-refractivity contribution is 5.78. The van der Waals surface area contributed by atoms with Gasteiger partial charge in [0.1, 0.15) is 0 Å². The molecular weight excluding hydrogens is 262 g/mol. The maximum atomic E-state index is 12.7. The van der Waals surface area contributed by atoms with Crippen LogP contribution in [0.5, 0.6) is 0 Å². The maximum Gasteiger partial charge on any atom is 0.237 e. The summed E-state index contributed by atoms with van der Waals surface area (Å²) in [6, 6.07) is 0.869. The highest BCUT2D eigenvalue weighted by Gasteiger charge is 2.31. The van der Waals surface area contributed by atoms with Crippen LogP contribution in [0.25, 0.3) is 0 Å². The van der Waals surface area contributed by atoms with Gasteiger partial charge in [-0.15, -0.1) is 0 Å². The standard InChI is InChI=1S/C17H33N3O/c1-3-14-8-10-19(16(11-14)12-18)13-17(21)20-9-6-5-7-15(20)4-2/h14-16H,3-13,18H2,1-2H3. The summed E-state index contributed by atoms with van der Waals surface area (Å²) in [5.41, 5.74) is 5.95. The Morgan fingerprint density at radius 3 is 2.57 bits per heavy atom. The van der Waals surface area contributed by atoms with Crippen LogP contribution in [0.15, 0.2) is 0 Å². The van der Waals surface area contributed by atoms with Crippen molar-refractivity contribution in [3.8, 4) is 0 Å². The Kier molecular flexibility index (Phi) is 6.49. The molecule has 0 aromatic carbocycles. The number of likely N-dealkylation sites (tertiary alicyclic amines) is 2. The summed E-state index contributed by atoms with van der Waals surface area (Å²) in [5.74, 6) is 1.12. The van der Waals surface area contributed by atoms with E-state index in [2.05, 4.69) is 23.6 Å². The Morgan fingerprint density at radius 1 is 1.10 bits per heavy atom. The van der Waals surface area contributed by atoms with E-state index in [1.54, 1.807) is 0 Å². The molecule has 2 N–H and O–H groups in total. The molecule has 3 atom stereocenters. The number of amides is 1. The van der Waals surface area contributed by atoms with Crippen LogP contribution >= 0.6 is 0 Å². The van der Waals surface area contributed by atoms with Crippen molar-refractivity contribution in [3.05, 3.63) is 0 Å². The Bertz CT molecular complexity index is 334. The zero-order valence-corrected chi connectivity index (χ0v) is 13.9. The van der Waals surface area contributed by atoms with E-state index in [1.165, 1.54) is 32.1 Å². The van der Waals surface area contributed by atoms with Gasteiger partial charge in [0.05, 0.1) is 6.54 Å². The van der Waals surface area contributed by atoms with Gasteiger partial charge in [0, 0.05) is 25.2 Å². The molecule has 0 aromatic heterocycles. The summed E-state index contributed by atoms with van der Waals surface area (Å²) in [4.78, 5) is 17.2. The van der Waals surface area contributed by atoms with Crippen molar-refractivity contribution in [1.82, 2.24) is 9.80 Å². The molecule has 0 radical (unpaired) electrons. The molecule has 2 saturated heterocycles. The van der Waals surface area contributed by atoms with E-state index >= 15 is 0 Å². The SMILES string of the molecule is CCC1CCN(CC(=O)N2CCCCC2CC)C(CN)C1. The highest BCUT2D eigenvalue weighted by atomic mass is 16.2. The largest absolute Gasteiger partial charge is 0.339 e. The van der Waals surface area contributed by atoms with Gasteiger partial charge in [-0.05, 0) is 51.0 Å². The predicted octanol–water partition coefficient (Wildman–Crippen LogP) is 2.23. The average Bonchev–Trinajstić information content (AvgIpc) is 2.55. The fraction of sp³-hybridized carbons (Fsp3) is 0.941. The Morgan fingerprint density at radius 2 is 1.90 bits per heavy atom. The van der Waals surface area contributed by atoms with E-state index < -0.39 is 0 Å². The molecule has 21 heavy (non-hydrogen) atoms. The number of nitrogens with two attached hydrogens (primary N) is 1. The lowest BCUT2D eigenvalue weighted by molar-refractivity contribution is -0.137. The van der Waals surface area contributed by atoms with E-state index in [1.807, 2.05) is 0 Å². The first kappa shape index (κ1) is 16.8. The van der Waals surface area contributed by atoms with E-state index in [0.717, 1.165) is 31.8 Å². The topological polar surface area (TPSA) is 49.6 Å². The molecule has 0 saturated carbocycles. The quantitative estimate of drug-likeness (QED) is 0.846. The molecule has 2 rings (SSSR count). The minimum atomic E-state index is 0.329. The maximum absolute atomic E-state index is 12.7. The number of hydrogen-bond donors (Lipinski definition) is 1. The summed E-state index contributed by atoms with van der Waals surface area (Å²) >= 11 is 0. The fourth-order valence-electron chi connectivity index (χ4n) is 4.02. The molecule has 2 aliphatic heterocycles. The van der Waals surface area contributed by atoms with Crippen molar-refractivity contribution < 1.29 is 4.79 Å². The molecule has 1 amide bonds. The molecule has 0 aromatic rings. The number of piperidine rings is 2. The van der Waals surface area contributed by atoms with Crippen LogP contribution in [0, 0.1) is 5.92 Å². The molecule has 0 bridgehead atoms. The van der Waals surface area contributed by atoms with Crippen LogP contribution in [0.4, 0.5) is 0 Å². The van der Waals surface area contributed by atoms with Gasteiger partial charge in [0.15, 0.2) is 0 Å². The molecule has 2 heterocycles. The second-order valence-electron chi connectivity index (χ2n) is 6.80. The first-order chi connectivity index (χ1) is 10.2. The molecular formula is C17H33N3O. The van der Waals surface area contributed by atoms with Crippen molar-refractivity contribution in [1.29, 1.82) is 0 Å². The van der Waals surface area contributed by atoms with Gasteiger partial charge < -0.3 is 10.6 Å². The molecule has 4 heteroatoms. The fourth-order valence-corrected chi connectivity index (χ4v) is 4.02. The van der Waals surface area contributed by atoms with Gasteiger partial charge in [0.25, 0.3) is 0 Å². The number of rotatable bonds is 5. The summed E-state index contributed by atoms with van der Waals surface area (Å²) in [5, 5.41) is 0. The first-order valence-electron chi connectivity index (χ1n) is 8.93. The minimum absolute atomic E-state index is 0.329. The van der Waals surface area contributed by atoms with Crippen LogP contribution in [0.3, 0.4) is 0 Å². The average molecular weight is 295 g/mol. The van der Waals surface area contributed by atoms with Crippen molar-refractivity contribution in [3.63, 3.8) is 0 Å². The van der Waals surface area contributed by atoms with Crippen LogP contribution < -0.4 is 5.73 Å². The predicted molar refractivity (Wildman–Crippen MR) is 87.1 cm³/mol. The van der Waals surface area contributed by atoms with E-state index in [9.17, 15) is 4.79 Å². The Hall–Kier alpha value is -0.610. The van der Waals surface area contributed by atoms with Crippen LogP contribution in [0.1, 0.15) is 58.8 Å². The van der Waals surface area contributed by atoms with E-state index in [4.69, 9.17) is 5.73 Å². The zero-order valence-electron chi connectivity index (χ0n) is 13.9. The molecule has 2 fully saturated rings. The van der Waals surface area contributed by atoms with Crippen molar-refractivity contribution >= 4 is 5.91 Å². The van der Waals surface area contributed by atoms with Crippen molar-refractivity contribution in [2.75, 3.05) is 26.2 Å². The lowest BCUT2D eigenvalue weighted by Gasteiger charge is -2.41. The van der Waals surface area contributed by atoms with Gasteiger partial charge in [-0.25, -0.2) is 0 Å². The van der Waals surface area contributed by atoms with Crippen LogP contribution in [-0.2, 0) is 4.79 Å². The summed E-state index contributed by atoms with van der Waals surface area (Å²) < 4.78 is 0. The zero-order chi connectivity index (χ0) is 15.2. The number of carbonyl (C=O) groups is 1. The monoisotopic (exact) mass is 295 g/mol. The van der Waals surface area contributed by atoms with Gasteiger partial charge in [-0.2, -0.15) is 0 Å². The lowest BCUT2D eigenvalue weighted by Crippen LogP contribution is -2.53. The second kappa shape index (κ2) is 8.14. The molecule has 122 valence electrons. The van der Waals surface area contributed by atoms with E-state index in [-0.39, 0.29) is 0 Å². The first-order valence-corrected chi connectivity index (χ1v) is 8.93. The number of carbonyl (C=O) groups excluding carboxylic acids is 1. The lowest BCUT2D eigenvalue weighted by atomic mass is 9.89.